The van der Waals surface area contributed by atoms with Gasteiger partial charge in [-0.3, -0.25) is 0 Å². The monoisotopic (exact) mass is 238 g/mol. The summed E-state index contributed by atoms with van der Waals surface area (Å²) in [6.45, 7) is 11.2. The molecule has 1 nitrogen and oxygen atoms in total. The summed E-state index contributed by atoms with van der Waals surface area (Å²) in [4.78, 5) is 0. The fraction of sp³-hybridized carbons (Fsp3) is 0.857. The fourth-order valence-electron chi connectivity index (χ4n) is 2.55. The number of rotatable bonds is 2. The molecule has 0 aromatic rings. The van der Waals surface area contributed by atoms with Crippen molar-refractivity contribution < 1.29 is 4.43 Å². The molecular weight excluding hydrogens is 212 g/mol. The normalized spacial score (nSPS) is 19.4. The predicted molar refractivity (Wildman–Crippen MR) is 72.6 cm³/mol. The maximum absolute atomic E-state index is 5.50. The third-order valence-electron chi connectivity index (χ3n) is 3.31. The first-order valence-electron chi connectivity index (χ1n) is 6.57. The largest absolute Gasteiger partial charge is 0.505 e. The Hall–Kier alpha value is -0.423. The van der Waals surface area contributed by atoms with Crippen LogP contribution in [0.25, 0.3) is 0 Å². The molecule has 0 spiro atoms. The van der Waals surface area contributed by atoms with Crippen LogP contribution in [0, 0.1) is 29.3 Å². The molecule has 1 atom stereocenters. The molecule has 0 bridgehead atoms. The highest BCUT2D eigenvalue weighted by Crippen LogP contribution is 2.40. The quantitative estimate of drug-likeness (QED) is 0.525. The van der Waals surface area contributed by atoms with E-state index >= 15 is 0 Å². The lowest BCUT2D eigenvalue weighted by Gasteiger charge is -2.31. The van der Waals surface area contributed by atoms with Crippen LogP contribution in [0.4, 0.5) is 0 Å². The van der Waals surface area contributed by atoms with Gasteiger partial charge in [-0.2, -0.15) is 0 Å². The van der Waals surface area contributed by atoms with Crippen molar-refractivity contribution in [3.8, 4) is 12.0 Å². The van der Waals surface area contributed by atoms with Crippen molar-refractivity contribution >= 4 is 9.04 Å². The molecule has 16 heavy (non-hydrogen) atoms. The topological polar surface area (TPSA) is 9.23 Å². The van der Waals surface area contributed by atoms with Gasteiger partial charge >= 0.3 is 0 Å². The van der Waals surface area contributed by atoms with Gasteiger partial charge in [-0.15, -0.1) is 0 Å². The van der Waals surface area contributed by atoms with Crippen LogP contribution >= 0.6 is 0 Å². The van der Waals surface area contributed by atoms with Crippen molar-refractivity contribution in [2.45, 2.75) is 59.5 Å². The standard InChI is InChI=1S/C14H26OSi/c1-14(2,3)13(10-11-15-16(4)5)12-8-6-7-9-12/h12-13,16H,6-9H2,1-5H3. The zero-order valence-electron chi connectivity index (χ0n) is 11.5. The molecule has 92 valence electrons. The van der Waals surface area contributed by atoms with Gasteiger partial charge in [0.05, 0.1) is 6.11 Å². The molecule has 1 aliphatic rings. The average molecular weight is 238 g/mol. The van der Waals surface area contributed by atoms with Crippen molar-refractivity contribution in [2.24, 2.45) is 17.3 Å². The van der Waals surface area contributed by atoms with E-state index in [9.17, 15) is 0 Å². The van der Waals surface area contributed by atoms with Crippen molar-refractivity contribution in [1.29, 1.82) is 0 Å². The van der Waals surface area contributed by atoms with Crippen LogP contribution in [0.1, 0.15) is 46.5 Å². The molecule has 1 aliphatic carbocycles. The van der Waals surface area contributed by atoms with E-state index in [4.69, 9.17) is 4.43 Å². The van der Waals surface area contributed by atoms with Crippen LogP contribution in [0.3, 0.4) is 0 Å². The Labute approximate surface area is 103 Å². The van der Waals surface area contributed by atoms with E-state index in [-0.39, 0.29) is 5.41 Å². The summed E-state index contributed by atoms with van der Waals surface area (Å²) >= 11 is 0. The van der Waals surface area contributed by atoms with Gasteiger partial charge in [0, 0.05) is 5.92 Å². The van der Waals surface area contributed by atoms with Gasteiger partial charge in [-0.05, 0) is 37.3 Å². The Kier molecular flexibility index (Phi) is 4.92. The maximum Gasteiger partial charge on any atom is 0.244 e. The predicted octanol–water partition coefficient (Wildman–Crippen LogP) is 3.80. The second kappa shape index (κ2) is 5.77. The zero-order valence-corrected chi connectivity index (χ0v) is 12.6. The minimum Gasteiger partial charge on any atom is -0.505 e. The van der Waals surface area contributed by atoms with E-state index in [1.54, 1.807) is 0 Å². The Morgan fingerprint density at radius 3 is 2.19 bits per heavy atom. The van der Waals surface area contributed by atoms with Crippen molar-refractivity contribution in [3.63, 3.8) is 0 Å². The molecule has 0 amide bonds. The Bertz CT molecular complexity index is 261. The summed E-state index contributed by atoms with van der Waals surface area (Å²) in [6.07, 6.45) is 8.47. The summed E-state index contributed by atoms with van der Waals surface area (Å²) < 4.78 is 5.50. The Balaban J connectivity index is 2.66. The summed E-state index contributed by atoms with van der Waals surface area (Å²) in [5, 5.41) is 0. The third kappa shape index (κ3) is 4.21. The SMILES string of the molecule is C[SiH](C)OC#CC(C1CCCC1)C(C)(C)C. The summed E-state index contributed by atoms with van der Waals surface area (Å²) in [5.74, 6) is 4.69. The maximum atomic E-state index is 5.50. The highest BCUT2D eigenvalue weighted by Gasteiger charge is 2.32. The minimum absolute atomic E-state index is 0.282. The smallest absolute Gasteiger partial charge is 0.244 e. The summed E-state index contributed by atoms with van der Waals surface area (Å²) in [6, 6.07) is 0. The van der Waals surface area contributed by atoms with Gasteiger partial charge in [-0.25, -0.2) is 0 Å². The first-order chi connectivity index (χ1) is 7.41. The first kappa shape index (κ1) is 13.6. The van der Waals surface area contributed by atoms with Crippen LogP contribution in [-0.4, -0.2) is 9.04 Å². The van der Waals surface area contributed by atoms with Crippen molar-refractivity contribution in [2.75, 3.05) is 0 Å². The number of hydrogen-bond acceptors (Lipinski definition) is 1. The van der Waals surface area contributed by atoms with Crippen LogP contribution in [-0.2, 0) is 4.43 Å². The Morgan fingerprint density at radius 1 is 1.19 bits per heavy atom. The molecule has 0 N–H and O–H groups in total. The van der Waals surface area contributed by atoms with Crippen LogP contribution < -0.4 is 0 Å². The van der Waals surface area contributed by atoms with Crippen molar-refractivity contribution in [3.05, 3.63) is 0 Å². The molecule has 1 saturated carbocycles. The second-order valence-corrected chi connectivity index (χ2v) is 8.63. The highest BCUT2D eigenvalue weighted by atomic mass is 28.3. The zero-order chi connectivity index (χ0) is 12.2. The van der Waals surface area contributed by atoms with Crippen LogP contribution in [0.2, 0.25) is 13.1 Å². The van der Waals surface area contributed by atoms with Gasteiger partial charge in [0.2, 0.25) is 9.04 Å². The molecule has 1 rings (SSSR count). The molecule has 1 unspecified atom stereocenters. The molecular formula is C14H26OSi. The number of hydrogen-bond donors (Lipinski definition) is 0. The van der Waals surface area contributed by atoms with E-state index in [0.717, 1.165) is 5.92 Å². The fourth-order valence-corrected chi connectivity index (χ4v) is 2.85. The summed E-state index contributed by atoms with van der Waals surface area (Å²) in [7, 11) is -0.991. The molecule has 2 heteroatoms. The van der Waals surface area contributed by atoms with E-state index in [2.05, 4.69) is 45.9 Å². The molecule has 0 aromatic carbocycles. The molecule has 0 aromatic heterocycles. The lowest BCUT2D eigenvalue weighted by molar-refractivity contribution is 0.218. The van der Waals surface area contributed by atoms with Gasteiger partial charge in [-0.1, -0.05) is 39.5 Å². The van der Waals surface area contributed by atoms with E-state index in [1.165, 1.54) is 25.7 Å². The highest BCUT2D eigenvalue weighted by molar-refractivity contribution is 6.48. The third-order valence-corrected chi connectivity index (χ3v) is 3.90. The second-order valence-electron chi connectivity index (χ2n) is 6.30. The first-order valence-corrected chi connectivity index (χ1v) is 9.35. The van der Waals surface area contributed by atoms with Crippen molar-refractivity contribution in [1.82, 2.24) is 0 Å². The van der Waals surface area contributed by atoms with Gasteiger partial charge in [0.1, 0.15) is 0 Å². The van der Waals surface area contributed by atoms with Gasteiger partial charge in [0.15, 0.2) is 0 Å². The Morgan fingerprint density at radius 2 is 1.75 bits per heavy atom. The van der Waals surface area contributed by atoms with Gasteiger partial charge < -0.3 is 4.43 Å². The minimum atomic E-state index is -0.991. The molecule has 0 radical (unpaired) electrons. The lowest BCUT2D eigenvalue weighted by atomic mass is 9.73. The lowest BCUT2D eigenvalue weighted by Crippen LogP contribution is -2.25. The molecule has 0 heterocycles. The van der Waals surface area contributed by atoms with Crippen LogP contribution in [0.15, 0.2) is 0 Å². The van der Waals surface area contributed by atoms with E-state index < -0.39 is 9.04 Å². The molecule has 0 saturated heterocycles. The average Bonchev–Trinajstić information content (AvgIpc) is 2.62. The molecule has 1 fully saturated rings. The van der Waals surface area contributed by atoms with Crippen LogP contribution in [0.5, 0.6) is 0 Å². The van der Waals surface area contributed by atoms with Gasteiger partial charge in [0.25, 0.3) is 0 Å². The van der Waals surface area contributed by atoms with E-state index in [1.807, 2.05) is 0 Å². The van der Waals surface area contributed by atoms with E-state index in [0.29, 0.717) is 5.92 Å². The molecule has 0 aliphatic heterocycles. The summed E-state index contributed by atoms with van der Waals surface area (Å²) in [5.41, 5.74) is 0.282.